The summed E-state index contributed by atoms with van der Waals surface area (Å²) in [5.74, 6) is -0.813. The molecule has 0 radical (unpaired) electrons. The number of rotatable bonds is 1. The minimum Gasteiger partial charge on any atom is -0.258 e. The smallest absolute Gasteiger partial charge is 0.258 e. The van der Waals surface area contributed by atoms with Crippen LogP contribution in [0.4, 0.5) is 10.1 Å². The zero-order chi connectivity index (χ0) is 9.30. The highest BCUT2D eigenvalue weighted by Gasteiger charge is 2.17. The Hall–Kier alpha value is -0.970. The molecule has 0 aliphatic carbocycles. The van der Waals surface area contributed by atoms with Gasteiger partial charge in [-0.2, -0.15) is 4.39 Å². The van der Waals surface area contributed by atoms with E-state index in [2.05, 4.69) is 15.9 Å². The van der Waals surface area contributed by atoms with E-state index in [9.17, 15) is 14.5 Å². The summed E-state index contributed by atoms with van der Waals surface area (Å²) < 4.78 is 13.4. The Morgan fingerprint density at radius 1 is 1.58 bits per heavy atom. The van der Waals surface area contributed by atoms with Gasteiger partial charge in [0, 0.05) is 10.0 Å². The van der Waals surface area contributed by atoms with Crippen molar-refractivity contribution in [1.29, 1.82) is 0 Å². The molecule has 0 aliphatic heterocycles. The minimum atomic E-state index is -0.813. The lowest BCUT2D eigenvalue weighted by Gasteiger charge is -1.98. The number of hydrogen-bond acceptors (Lipinski definition) is 2. The average Bonchev–Trinajstić information content (AvgIpc) is 1.82. The molecule has 0 aliphatic rings. The number of benzene rings is 1. The number of nitro benzene ring substituents is 1. The Labute approximate surface area is 76.5 Å². The maximum atomic E-state index is 12.9. The van der Waals surface area contributed by atoms with Gasteiger partial charge in [-0.3, -0.25) is 10.1 Å². The molecule has 0 saturated carbocycles. The van der Waals surface area contributed by atoms with E-state index >= 15 is 0 Å². The van der Waals surface area contributed by atoms with Crippen LogP contribution in [-0.4, -0.2) is 4.92 Å². The summed E-state index contributed by atoms with van der Waals surface area (Å²) in [5, 5.41) is 10.3. The fraction of sp³-hybridized carbons (Fsp3) is 0.143. The van der Waals surface area contributed by atoms with Crippen molar-refractivity contribution in [2.45, 2.75) is 6.92 Å². The molecule has 0 spiro atoms. The molecule has 0 amide bonds. The molecule has 0 N–H and O–H groups in total. The van der Waals surface area contributed by atoms with E-state index in [1.54, 1.807) is 0 Å². The lowest BCUT2D eigenvalue weighted by Crippen LogP contribution is -1.95. The normalized spacial score (nSPS) is 9.92. The number of nitro groups is 1. The van der Waals surface area contributed by atoms with Gasteiger partial charge in [0.05, 0.1) is 4.92 Å². The van der Waals surface area contributed by atoms with Crippen molar-refractivity contribution in [2.24, 2.45) is 0 Å². The van der Waals surface area contributed by atoms with E-state index in [0.29, 0.717) is 10.0 Å². The monoisotopic (exact) mass is 233 g/mol. The predicted molar refractivity (Wildman–Crippen MR) is 45.5 cm³/mol. The Morgan fingerprint density at radius 2 is 2.17 bits per heavy atom. The molecule has 0 aromatic heterocycles. The highest BCUT2D eigenvalue weighted by atomic mass is 79.9. The second kappa shape index (κ2) is 3.18. The molecule has 5 heteroatoms. The minimum absolute atomic E-state index is 0.312. The van der Waals surface area contributed by atoms with Gasteiger partial charge in [0.1, 0.15) is 0 Å². The van der Waals surface area contributed by atoms with Crippen molar-refractivity contribution in [3.63, 3.8) is 0 Å². The molecule has 1 rings (SSSR count). The lowest BCUT2D eigenvalue weighted by atomic mass is 10.2. The van der Waals surface area contributed by atoms with Gasteiger partial charge < -0.3 is 0 Å². The third-order valence-corrected chi connectivity index (χ3v) is 1.86. The third-order valence-electron chi connectivity index (χ3n) is 1.40. The molecule has 1 aromatic carbocycles. The zero-order valence-electron chi connectivity index (χ0n) is 6.17. The predicted octanol–water partition coefficient (Wildman–Crippen LogP) is 2.80. The standard InChI is InChI=1S/C7H5BrFNO2/c1-4-2-5(8)3-6(9)7(4)10(11)12/h2-3H,1H3. The molecule has 0 saturated heterocycles. The van der Waals surface area contributed by atoms with E-state index in [-0.39, 0.29) is 0 Å². The maximum absolute atomic E-state index is 12.9. The summed E-state index contributed by atoms with van der Waals surface area (Å²) in [6.45, 7) is 1.49. The third kappa shape index (κ3) is 1.61. The van der Waals surface area contributed by atoms with Crippen LogP contribution < -0.4 is 0 Å². The summed E-state index contributed by atoms with van der Waals surface area (Å²) in [6, 6.07) is 2.58. The summed E-state index contributed by atoms with van der Waals surface area (Å²) in [6.07, 6.45) is 0. The van der Waals surface area contributed by atoms with Gasteiger partial charge in [0.25, 0.3) is 0 Å². The molecule has 0 bridgehead atoms. The maximum Gasteiger partial charge on any atom is 0.307 e. The molecular formula is C7H5BrFNO2. The number of nitrogens with zero attached hydrogens (tertiary/aromatic N) is 1. The fourth-order valence-corrected chi connectivity index (χ4v) is 1.47. The average molecular weight is 234 g/mol. The molecule has 0 fully saturated rings. The van der Waals surface area contributed by atoms with Crippen LogP contribution in [0.5, 0.6) is 0 Å². The van der Waals surface area contributed by atoms with Gasteiger partial charge in [0.15, 0.2) is 0 Å². The first kappa shape index (κ1) is 9.12. The molecule has 1 aromatic rings. The van der Waals surface area contributed by atoms with E-state index in [1.165, 1.54) is 13.0 Å². The summed E-state index contributed by atoms with van der Waals surface area (Å²) >= 11 is 3.03. The summed E-state index contributed by atoms with van der Waals surface area (Å²) in [7, 11) is 0. The lowest BCUT2D eigenvalue weighted by molar-refractivity contribution is -0.388. The SMILES string of the molecule is Cc1cc(Br)cc(F)c1[N+](=O)[O-]. The van der Waals surface area contributed by atoms with Crippen LogP contribution in [0.3, 0.4) is 0 Å². The van der Waals surface area contributed by atoms with Crippen LogP contribution in [-0.2, 0) is 0 Å². The van der Waals surface area contributed by atoms with E-state index < -0.39 is 16.4 Å². The summed E-state index contributed by atoms with van der Waals surface area (Å²) in [5.41, 5.74) is -0.148. The fourth-order valence-electron chi connectivity index (χ4n) is 0.926. The molecule has 64 valence electrons. The first-order valence-corrected chi connectivity index (χ1v) is 3.91. The Balaban J connectivity index is 3.38. The van der Waals surface area contributed by atoms with Crippen LogP contribution in [0.2, 0.25) is 0 Å². The Bertz CT molecular complexity index is 317. The van der Waals surface area contributed by atoms with Gasteiger partial charge in [-0.25, -0.2) is 0 Å². The molecule has 0 heterocycles. The van der Waals surface area contributed by atoms with Crippen LogP contribution in [0.25, 0.3) is 0 Å². The van der Waals surface area contributed by atoms with E-state index in [0.717, 1.165) is 6.07 Å². The van der Waals surface area contributed by atoms with Crippen molar-refractivity contribution in [2.75, 3.05) is 0 Å². The largest absolute Gasteiger partial charge is 0.307 e. The molecule has 3 nitrogen and oxygen atoms in total. The van der Waals surface area contributed by atoms with Crippen molar-refractivity contribution in [3.05, 3.63) is 38.1 Å². The van der Waals surface area contributed by atoms with E-state index in [1.807, 2.05) is 0 Å². The Kier molecular flexibility index (Phi) is 2.42. The number of hydrogen-bond donors (Lipinski definition) is 0. The topological polar surface area (TPSA) is 43.1 Å². The molecular weight excluding hydrogens is 229 g/mol. The first-order valence-electron chi connectivity index (χ1n) is 3.12. The second-order valence-electron chi connectivity index (χ2n) is 2.31. The van der Waals surface area contributed by atoms with Crippen LogP contribution in [0.1, 0.15) is 5.56 Å². The zero-order valence-corrected chi connectivity index (χ0v) is 7.76. The van der Waals surface area contributed by atoms with Crippen LogP contribution in [0.15, 0.2) is 16.6 Å². The van der Waals surface area contributed by atoms with Gasteiger partial charge >= 0.3 is 5.69 Å². The van der Waals surface area contributed by atoms with Gasteiger partial charge in [-0.15, -0.1) is 0 Å². The highest BCUT2D eigenvalue weighted by molar-refractivity contribution is 9.10. The highest BCUT2D eigenvalue weighted by Crippen LogP contribution is 2.25. The molecule has 0 unspecified atom stereocenters. The van der Waals surface area contributed by atoms with Crippen molar-refractivity contribution < 1.29 is 9.31 Å². The summed E-state index contributed by atoms with van der Waals surface area (Å²) in [4.78, 5) is 9.58. The van der Waals surface area contributed by atoms with Crippen LogP contribution in [0, 0.1) is 22.9 Å². The first-order chi connectivity index (χ1) is 5.52. The van der Waals surface area contributed by atoms with E-state index in [4.69, 9.17) is 0 Å². The second-order valence-corrected chi connectivity index (χ2v) is 3.23. The van der Waals surface area contributed by atoms with Crippen LogP contribution >= 0.6 is 15.9 Å². The number of halogens is 2. The quantitative estimate of drug-likeness (QED) is 0.553. The van der Waals surface area contributed by atoms with Gasteiger partial charge in [-0.1, -0.05) is 15.9 Å². The molecule has 0 atom stereocenters. The van der Waals surface area contributed by atoms with Gasteiger partial charge in [-0.05, 0) is 19.1 Å². The van der Waals surface area contributed by atoms with Crippen molar-refractivity contribution in [1.82, 2.24) is 0 Å². The Morgan fingerprint density at radius 3 is 2.58 bits per heavy atom. The number of aryl methyl sites for hydroxylation is 1. The van der Waals surface area contributed by atoms with Crippen molar-refractivity contribution >= 4 is 21.6 Å². The van der Waals surface area contributed by atoms with Crippen molar-refractivity contribution in [3.8, 4) is 0 Å². The van der Waals surface area contributed by atoms with Gasteiger partial charge in [0.2, 0.25) is 5.82 Å². The molecule has 12 heavy (non-hydrogen) atoms.